The first-order chi connectivity index (χ1) is 9.15. The number of nitrogens with zero attached hydrogens (tertiary/aromatic N) is 1. The average molecular weight is 277 g/mol. The molecule has 2 aliphatic rings. The molecule has 1 aromatic rings. The van der Waals surface area contributed by atoms with Crippen molar-refractivity contribution in [2.24, 2.45) is 16.9 Å². The van der Waals surface area contributed by atoms with Crippen LogP contribution in [0.4, 0.5) is 0 Å². The fraction of sp³-hybridized carbons (Fsp3) is 0.286. The maximum absolute atomic E-state index is 11.9. The molecule has 1 amide bonds. The van der Waals surface area contributed by atoms with Crippen LogP contribution in [0.3, 0.4) is 0 Å². The van der Waals surface area contributed by atoms with Gasteiger partial charge >= 0.3 is 0 Å². The van der Waals surface area contributed by atoms with E-state index in [1.54, 1.807) is 6.07 Å². The van der Waals surface area contributed by atoms with Crippen molar-refractivity contribution in [3.05, 3.63) is 40.9 Å². The molecule has 2 N–H and O–H groups in total. The van der Waals surface area contributed by atoms with Crippen LogP contribution in [0, 0.1) is 11.8 Å². The third-order valence-corrected chi connectivity index (χ3v) is 3.90. The predicted molar refractivity (Wildman–Crippen MR) is 73.4 cm³/mol. The van der Waals surface area contributed by atoms with Gasteiger partial charge in [0.15, 0.2) is 0 Å². The molecule has 2 aliphatic carbocycles. The summed E-state index contributed by atoms with van der Waals surface area (Å²) in [5, 5.41) is 14.2. The SMILES string of the molecule is O=C(N/N=C1/CC2C=CCC12)c1ccc(Cl)cc1O. The third-order valence-electron chi connectivity index (χ3n) is 3.67. The van der Waals surface area contributed by atoms with Crippen molar-refractivity contribution in [1.82, 2.24) is 5.43 Å². The highest BCUT2D eigenvalue weighted by molar-refractivity contribution is 6.30. The van der Waals surface area contributed by atoms with Gasteiger partial charge in [-0.1, -0.05) is 23.8 Å². The zero-order valence-electron chi connectivity index (χ0n) is 10.1. The maximum atomic E-state index is 11.9. The van der Waals surface area contributed by atoms with Crippen LogP contribution < -0.4 is 5.43 Å². The summed E-state index contributed by atoms with van der Waals surface area (Å²) in [4.78, 5) is 11.9. The number of phenols is 1. The molecule has 98 valence electrons. The molecule has 0 bridgehead atoms. The van der Waals surface area contributed by atoms with Gasteiger partial charge in [-0.15, -0.1) is 0 Å². The topological polar surface area (TPSA) is 61.7 Å². The van der Waals surface area contributed by atoms with Crippen LogP contribution in [0.2, 0.25) is 5.02 Å². The summed E-state index contributed by atoms with van der Waals surface area (Å²) in [6, 6.07) is 4.38. The third kappa shape index (κ3) is 2.24. The number of nitrogens with one attached hydrogen (secondary N) is 1. The zero-order valence-corrected chi connectivity index (χ0v) is 10.9. The van der Waals surface area contributed by atoms with Gasteiger partial charge in [-0.25, -0.2) is 5.43 Å². The second-order valence-corrected chi connectivity index (χ2v) is 5.28. The van der Waals surface area contributed by atoms with E-state index in [-0.39, 0.29) is 11.3 Å². The van der Waals surface area contributed by atoms with Crippen LogP contribution in [-0.2, 0) is 0 Å². The van der Waals surface area contributed by atoms with Gasteiger partial charge in [0.2, 0.25) is 0 Å². The lowest BCUT2D eigenvalue weighted by Gasteiger charge is -2.31. The van der Waals surface area contributed by atoms with Crippen LogP contribution in [0.25, 0.3) is 0 Å². The van der Waals surface area contributed by atoms with Crippen molar-refractivity contribution < 1.29 is 9.90 Å². The molecule has 1 fully saturated rings. The Labute approximate surface area is 115 Å². The van der Waals surface area contributed by atoms with Gasteiger partial charge in [0.25, 0.3) is 5.91 Å². The summed E-state index contributed by atoms with van der Waals surface area (Å²) in [5.41, 5.74) is 3.69. The van der Waals surface area contributed by atoms with Gasteiger partial charge in [0, 0.05) is 16.7 Å². The number of amides is 1. The predicted octanol–water partition coefficient (Wildman–Crippen LogP) is 2.73. The first-order valence-corrected chi connectivity index (χ1v) is 6.55. The van der Waals surface area contributed by atoms with E-state index < -0.39 is 5.91 Å². The molecule has 0 aromatic heterocycles. The number of rotatable bonds is 2. The van der Waals surface area contributed by atoms with Gasteiger partial charge in [-0.2, -0.15) is 5.10 Å². The first kappa shape index (κ1) is 12.2. The fourth-order valence-electron chi connectivity index (χ4n) is 2.54. The number of hydrazone groups is 1. The van der Waals surface area contributed by atoms with Crippen LogP contribution in [0.1, 0.15) is 23.2 Å². The van der Waals surface area contributed by atoms with E-state index in [1.165, 1.54) is 12.1 Å². The van der Waals surface area contributed by atoms with Gasteiger partial charge in [0.1, 0.15) is 5.75 Å². The number of hydrogen-bond acceptors (Lipinski definition) is 3. The summed E-state index contributed by atoms with van der Waals surface area (Å²) >= 11 is 5.72. The van der Waals surface area contributed by atoms with E-state index in [4.69, 9.17) is 11.6 Å². The molecule has 0 radical (unpaired) electrons. The van der Waals surface area contributed by atoms with Crippen molar-refractivity contribution in [2.45, 2.75) is 12.8 Å². The highest BCUT2D eigenvalue weighted by Crippen LogP contribution is 2.40. The highest BCUT2D eigenvalue weighted by Gasteiger charge is 2.38. The van der Waals surface area contributed by atoms with Crippen LogP contribution >= 0.6 is 11.6 Å². The first-order valence-electron chi connectivity index (χ1n) is 6.17. The Bertz CT molecular complexity index is 595. The summed E-state index contributed by atoms with van der Waals surface area (Å²) in [6.45, 7) is 0. The molecule has 0 saturated heterocycles. The minimum Gasteiger partial charge on any atom is -0.507 e. The smallest absolute Gasteiger partial charge is 0.275 e. The fourth-order valence-corrected chi connectivity index (χ4v) is 2.71. The molecule has 2 atom stereocenters. The van der Waals surface area contributed by atoms with Crippen LogP contribution in [-0.4, -0.2) is 16.7 Å². The van der Waals surface area contributed by atoms with Crippen molar-refractivity contribution in [2.75, 3.05) is 0 Å². The molecular weight excluding hydrogens is 264 g/mol. The van der Waals surface area contributed by atoms with Crippen LogP contribution in [0.5, 0.6) is 5.75 Å². The molecule has 1 aromatic carbocycles. The van der Waals surface area contributed by atoms with Crippen molar-refractivity contribution in [3.8, 4) is 5.75 Å². The standard InChI is InChI=1S/C14H13ClN2O2/c15-9-4-5-11(13(18)7-9)14(19)17-16-12-6-8-2-1-3-10(8)12/h1-2,4-5,7-8,10,18H,3,6H2,(H,17,19)/b16-12-. The Hall–Kier alpha value is -1.81. The number of aromatic hydroxyl groups is 1. The Morgan fingerprint density at radius 3 is 3.05 bits per heavy atom. The summed E-state index contributed by atoms with van der Waals surface area (Å²) in [5.74, 6) is 0.494. The summed E-state index contributed by atoms with van der Waals surface area (Å²) in [6.07, 6.45) is 6.28. The molecule has 5 heteroatoms. The number of fused-ring (bicyclic) bond motifs is 1. The summed E-state index contributed by atoms with van der Waals surface area (Å²) in [7, 11) is 0. The number of allylic oxidation sites excluding steroid dienone is 2. The molecule has 1 saturated carbocycles. The van der Waals surface area contributed by atoms with Crippen molar-refractivity contribution >= 4 is 23.2 Å². The monoisotopic (exact) mass is 276 g/mol. The zero-order chi connectivity index (χ0) is 13.4. The second-order valence-electron chi connectivity index (χ2n) is 4.84. The Morgan fingerprint density at radius 1 is 1.47 bits per heavy atom. The Kier molecular flexibility index (Phi) is 3.03. The Balaban J connectivity index is 1.67. The number of carbonyl (C=O) groups is 1. The Morgan fingerprint density at radius 2 is 2.32 bits per heavy atom. The molecule has 4 nitrogen and oxygen atoms in total. The second kappa shape index (κ2) is 4.70. The maximum Gasteiger partial charge on any atom is 0.275 e. The van der Waals surface area contributed by atoms with E-state index in [2.05, 4.69) is 22.7 Å². The number of halogens is 1. The molecular formula is C14H13ClN2O2. The normalized spacial score (nSPS) is 26.1. The van der Waals surface area contributed by atoms with E-state index in [0.29, 0.717) is 16.9 Å². The van der Waals surface area contributed by atoms with E-state index >= 15 is 0 Å². The quantitative estimate of drug-likeness (QED) is 0.644. The molecule has 0 heterocycles. The summed E-state index contributed by atoms with van der Waals surface area (Å²) < 4.78 is 0. The lowest BCUT2D eigenvalue weighted by Crippen LogP contribution is -2.35. The number of phenolic OH excluding ortho intramolecular Hbond substituents is 1. The lowest BCUT2D eigenvalue weighted by molar-refractivity contribution is 0.0951. The molecule has 3 rings (SSSR count). The molecule has 19 heavy (non-hydrogen) atoms. The van der Waals surface area contributed by atoms with Gasteiger partial charge in [-0.05, 0) is 37.0 Å². The number of carbonyl (C=O) groups excluding carboxylic acids is 1. The van der Waals surface area contributed by atoms with Gasteiger partial charge in [0.05, 0.1) is 5.56 Å². The highest BCUT2D eigenvalue weighted by atomic mass is 35.5. The lowest BCUT2D eigenvalue weighted by atomic mass is 9.74. The number of hydrogen-bond donors (Lipinski definition) is 2. The minimum atomic E-state index is -0.420. The van der Waals surface area contributed by atoms with Gasteiger partial charge < -0.3 is 5.11 Å². The van der Waals surface area contributed by atoms with Gasteiger partial charge in [-0.3, -0.25) is 4.79 Å². The molecule has 2 unspecified atom stereocenters. The van der Waals surface area contributed by atoms with Crippen molar-refractivity contribution in [3.63, 3.8) is 0 Å². The van der Waals surface area contributed by atoms with E-state index in [0.717, 1.165) is 18.6 Å². The molecule has 0 spiro atoms. The largest absolute Gasteiger partial charge is 0.507 e. The van der Waals surface area contributed by atoms with Crippen molar-refractivity contribution in [1.29, 1.82) is 0 Å². The van der Waals surface area contributed by atoms with E-state index in [9.17, 15) is 9.90 Å². The minimum absolute atomic E-state index is 0.140. The number of benzene rings is 1. The van der Waals surface area contributed by atoms with E-state index in [1.807, 2.05) is 0 Å². The van der Waals surface area contributed by atoms with Crippen LogP contribution in [0.15, 0.2) is 35.5 Å². The average Bonchev–Trinajstić information content (AvgIpc) is 2.71. The molecule has 0 aliphatic heterocycles.